The van der Waals surface area contributed by atoms with Crippen molar-refractivity contribution in [3.05, 3.63) is 53.3 Å². The van der Waals surface area contributed by atoms with Gasteiger partial charge in [0.15, 0.2) is 0 Å². The van der Waals surface area contributed by atoms with Crippen molar-refractivity contribution in [1.82, 2.24) is 15.2 Å². The number of aryl methyl sites for hydroxylation is 1. The molecule has 1 aromatic carbocycles. The highest BCUT2D eigenvalue weighted by atomic mass is 32.1. The molecule has 1 unspecified atom stereocenters. The lowest BCUT2D eigenvalue weighted by molar-refractivity contribution is -0.131. The second kappa shape index (κ2) is 7.78. The maximum atomic E-state index is 13.1. The van der Waals surface area contributed by atoms with Gasteiger partial charge in [0, 0.05) is 12.6 Å². The van der Waals surface area contributed by atoms with Crippen molar-refractivity contribution >= 4 is 23.2 Å². The first-order chi connectivity index (χ1) is 12.5. The average molecular weight is 373 g/mol. The molecule has 0 saturated carbocycles. The van der Waals surface area contributed by atoms with Crippen LogP contribution < -0.4 is 5.32 Å². The smallest absolute Gasteiger partial charge is 0.246 e. The molecular formula is C19H20FN3O2S. The Bertz CT molecular complexity index is 832. The van der Waals surface area contributed by atoms with Gasteiger partial charge >= 0.3 is 0 Å². The second-order valence-electron chi connectivity index (χ2n) is 6.25. The number of rotatable bonds is 5. The summed E-state index contributed by atoms with van der Waals surface area (Å²) in [4.78, 5) is 30.8. The molecule has 1 N–H and O–H groups in total. The second-order valence-corrected chi connectivity index (χ2v) is 7.28. The van der Waals surface area contributed by atoms with Gasteiger partial charge in [-0.15, -0.1) is 11.3 Å². The van der Waals surface area contributed by atoms with Crippen LogP contribution in [-0.4, -0.2) is 35.3 Å². The summed E-state index contributed by atoms with van der Waals surface area (Å²) in [7, 11) is 1.56. The minimum atomic E-state index is -0.291. The van der Waals surface area contributed by atoms with Crippen molar-refractivity contribution in [3.8, 4) is 10.6 Å². The highest BCUT2D eigenvalue weighted by molar-refractivity contribution is 7.15. The van der Waals surface area contributed by atoms with Gasteiger partial charge < -0.3 is 10.2 Å². The van der Waals surface area contributed by atoms with Gasteiger partial charge in [0.05, 0.1) is 23.2 Å². The number of hydrogen-bond acceptors (Lipinski definition) is 4. The Balaban J connectivity index is 1.74. The number of nitrogens with one attached hydrogen (secondary N) is 1. The highest BCUT2D eigenvalue weighted by Crippen LogP contribution is 2.37. The number of likely N-dealkylation sites (N-methyl/N-ethyl adjacent to an activating group) is 1. The van der Waals surface area contributed by atoms with Crippen molar-refractivity contribution in [2.75, 3.05) is 13.6 Å². The fraction of sp³-hybridized carbons (Fsp3) is 0.316. The van der Waals surface area contributed by atoms with Crippen LogP contribution in [0.15, 0.2) is 36.9 Å². The monoisotopic (exact) mass is 373 g/mol. The number of amides is 2. The van der Waals surface area contributed by atoms with Crippen LogP contribution in [0.2, 0.25) is 0 Å². The molecule has 0 radical (unpaired) electrons. The number of fused-ring (bicyclic) bond motifs is 1. The average Bonchev–Trinajstić information content (AvgIpc) is 3.06. The number of carbonyl (C=O) groups is 2. The zero-order chi connectivity index (χ0) is 18.7. The molecule has 0 saturated heterocycles. The summed E-state index contributed by atoms with van der Waals surface area (Å²) in [5.41, 5.74) is 1.86. The summed E-state index contributed by atoms with van der Waals surface area (Å²) < 4.78 is 13.1. The number of hydrogen-bond donors (Lipinski definition) is 1. The van der Waals surface area contributed by atoms with E-state index in [0.717, 1.165) is 40.4 Å². The number of aromatic nitrogens is 1. The molecule has 2 aromatic rings. The van der Waals surface area contributed by atoms with E-state index in [1.165, 1.54) is 34.4 Å². The molecule has 3 rings (SSSR count). The van der Waals surface area contributed by atoms with E-state index in [1.54, 1.807) is 19.2 Å². The molecule has 5 nitrogen and oxygen atoms in total. The number of nitrogens with zero attached hydrogens (tertiary/aromatic N) is 2. The predicted molar refractivity (Wildman–Crippen MR) is 99.2 cm³/mol. The molecule has 2 amide bonds. The van der Waals surface area contributed by atoms with Crippen molar-refractivity contribution in [1.29, 1.82) is 0 Å². The summed E-state index contributed by atoms with van der Waals surface area (Å²) in [6, 6.07) is 6.15. The summed E-state index contributed by atoms with van der Waals surface area (Å²) in [6.45, 7) is 3.40. The predicted octanol–water partition coefficient (Wildman–Crippen LogP) is 3.09. The van der Waals surface area contributed by atoms with E-state index >= 15 is 0 Å². The van der Waals surface area contributed by atoms with Gasteiger partial charge in [-0.05, 0) is 49.6 Å². The van der Waals surface area contributed by atoms with E-state index in [-0.39, 0.29) is 30.2 Å². The Morgan fingerprint density at radius 1 is 1.42 bits per heavy atom. The van der Waals surface area contributed by atoms with E-state index in [2.05, 4.69) is 16.9 Å². The molecule has 0 fully saturated rings. The Hall–Kier alpha value is -2.54. The van der Waals surface area contributed by atoms with Crippen molar-refractivity contribution in [3.63, 3.8) is 0 Å². The Kier molecular flexibility index (Phi) is 5.46. The van der Waals surface area contributed by atoms with Crippen LogP contribution in [0.4, 0.5) is 4.39 Å². The normalized spacial score (nSPS) is 15.8. The number of thiazole rings is 1. The molecule has 26 heavy (non-hydrogen) atoms. The van der Waals surface area contributed by atoms with Gasteiger partial charge in [-0.25, -0.2) is 9.37 Å². The lowest BCUT2D eigenvalue weighted by Gasteiger charge is -2.23. The maximum absolute atomic E-state index is 13.1. The Morgan fingerprint density at radius 2 is 2.15 bits per heavy atom. The highest BCUT2D eigenvalue weighted by Gasteiger charge is 2.26. The maximum Gasteiger partial charge on any atom is 0.246 e. The third kappa shape index (κ3) is 3.99. The van der Waals surface area contributed by atoms with Crippen LogP contribution in [0.1, 0.15) is 29.5 Å². The molecular weight excluding hydrogens is 353 g/mol. The third-order valence-electron chi connectivity index (χ3n) is 4.31. The Labute approximate surface area is 155 Å². The van der Waals surface area contributed by atoms with Gasteiger partial charge in [-0.2, -0.15) is 0 Å². The van der Waals surface area contributed by atoms with E-state index in [1.807, 2.05) is 0 Å². The first kappa shape index (κ1) is 18.3. The standard InChI is InChI=1S/C19H20FN3O2S/c1-3-17(25)23(2)11-16(24)21-14-5-4-6-15-18(14)26-19(22-15)12-7-9-13(20)10-8-12/h3,7-10,14H,1,4-6,11H2,2H3,(H,21,24). The Morgan fingerprint density at radius 3 is 2.85 bits per heavy atom. The van der Waals surface area contributed by atoms with E-state index in [9.17, 15) is 14.0 Å². The number of halogens is 1. The lowest BCUT2D eigenvalue weighted by atomic mass is 9.98. The van der Waals surface area contributed by atoms with Gasteiger partial charge in [0.25, 0.3) is 0 Å². The van der Waals surface area contributed by atoms with E-state index < -0.39 is 0 Å². The summed E-state index contributed by atoms with van der Waals surface area (Å²) in [5.74, 6) is -0.781. The molecule has 1 aromatic heterocycles. The summed E-state index contributed by atoms with van der Waals surface area (Å²) in [6.07, 6.45) is 3.83. The molecule has 136 valence electrons. The number of benzene rings is 1. The van der Waals surface area contributed by atoms with Gasteiger partial charge in [-0.3, -0.25) is 9.59 Å². The van der Waals surface area contributed by atoms with Gasteiger partial charge in [0.2, 0.25) is 11.8 Å². The first-order valence-corrected chi connectivity index (χ1v) is 9.22. The molecule has 1 aliphatic carbocycles. The van der Waals surface area contributed by atoms with Crippen LogP contribution >= 0.6 is 11.3 Å². The van der Waals surface area contributed by atoms with Crippen LogP contribution in [0.3, 0.4) is 0 Å². The fourth-order valence-corrected chi connectivity index (χ4v) is 4.17. The fourth-order valence-electron chi connectivity index (χ4n) is 2.96. The first-order valence-electron chi connectivity index (χ1n) is 8.40. The zero-order valence-electron chi connectivity index (χ0n) is 14.5. The van der Waals surface area contributed by atoms with Crippen LogP contribution in [-0.2, 0) is 16.0 Å². The van der Waals surface area contributed by atoms with E-state index in [0.29, 0.717) is 0 Å². The van der Waals surface area contributed by atoms with Crippen LogP contribution in [0.5, 0.6) is 0 Å². The van der Waals surface area contributed by atoms with Crippen LogP contribution in [0, 0.1) is 5.82 Å². The molecule has 0 spiro atoms. The van der Waals surface area contributed by atoms with Crippen LogP contribution in [0.25, 0.3) is 10.6 Å². The molecule has 1 aliphatic rings. The molecule has 7 heteroatoms. The largest absolute Gasteiger partial charge is 0.347 e. The quantitative estimate of drug-likeness (QED) is 0.820. The lowest BCUT2D eigenvalue weighted by Crippen LogP contribution is -2.39. The third-order valence-corrected chi connectivity index (χ3v) is 5.57. The SMILES string of the molecule is C=CC(=O)N(C)CC(=O)NC1CCCc2nc(-c3ccc(F)cc3)sc21. The zero-order valence-corrected chi connectivity index (χ0v) is 15.3. The van der Waals surface area contributed by atoms with E-state index in [4.69, 9.17) is 0 Å². The molecule has 1 atom stereocenters. The molecule has 1 heterocycles. The summed E-state index contributed by atoms with van der Waals surface area (Å²) in [5, 5.41) is 3.83. The minimum Gasteiger partial charge on any atom is -0.347 e. The topological polar surface area (TPSA) is 62.3 Å². The summed E-state index contributed by atoms with van der Waals surface area (Å²) >= 11 is 1.53. The van der Waals surface area contributed by atoms with Gasteiger partial charge in [-0.1, -0.05) is 6.58 Å². The molecule has 0 aliphatic heterocycles. The molecule has 0 bridgehead atoms. The van der Waals surface area contributed by atoms with Gasteiger partial charge in [0.1, 0.15) is 10.8 Å². The minimum absolute atomic E-state index is 0.0136. The number of carbonyl (C=O) groups excluding carboxylic acids is 2. The van der Waals surface area contributed by atoms with Crippen molar-refractivity contribution < 1.29 is 14.0 Å². The van der Waals surface area contributed by atoms with Crippen molar-refractivity contribution in [2.45, 2.75) is 25.3 Å². The van der Waals surface area contributed by atoms with Crippen molar-refractivity contribution in [2.24, 2.45) is 0 Å².